The minimum atomic E-state index is -0.303. The fourth-order valence-electron chi connectivity index (χ4n) is 3.67. The minimum absolute atomic E-state index is 0.216. The summed E-state index contributed by atoms with van der Waals surface area (Å²) in [5, 5.41) is 8.35. The molecular formula is C22H25N4O4+. The number of aromatic nitrogens is 2. The largest absolute Gasteiger partial charge is 0.494 e. The molecule has 8 heteroatoms. The number of quaternary nitrogens is 1. The second-order valence-electron chi connectivity index (χ2n) is 7.15. The molecule has 1 fully saturated rings. The van der Waals surface area contributed by atoms with Crippen molar-refractivity contribution in [2.24, 2.45) is 0 Å². The average molecular weight is 409 g/mol. The molecule has 1 aromatic heterocycles. The van der Waals surface area contributed by atoms with Crippen molar-refractivity contribution in [1.82, 2.24) is 15.1 Å². The smallest absolute Gasteiger partial charge is 0.279 e. The van der Waals surface area contributed by atoms with Gasteiger partial charge in [-0.25, -0.2) is 0 Å². The monoisotopic (exact) mass is 409 g/mol. The van der Waals surface area contributed by atoms with Crippen molar-refractivity contribution in [1.29, 1.82) is 0 Å². The lowest BCUT2D eigenvalue weighted by molar-refractivity contribution is -0.906. The molecule has 0 aliphatic carbocycles. The number of nitrogens with one attached hydrogen (secondary N) is 2. The predicted molar refractivity (Wildman–Crippen MR) is 113 cm³/mol. The van der Waals surface area contributed by atoms with Crippen LogP contribution < -0.4 is 20.5 Å². The number of morpholine rings is 1. The highest BCUT2D eigenvalue weighted by Crippen LogP contribution is 2.22. The Labute approximate surface area is 174 Å². The Hall–Kier alpha value is -3.23. The summed E-state index contributed by atoms with van der Waals surface area (Å²) in [7, 11) is 1.53. The Kier molecular flexibility index (Phi) is 6.06. The van der Waals surface area contributed by atoms with E-state index in [0.717, 1.165) is 32.8 Å². The fraction of sp³-hybridized carbons (Fsp3) is 0.318. The Balaban J connectivity index is 1.67. The number of rotatable bonds is 6. The van der Waals surface area contributed by atoms with E-state index in [-0.39, 0.29) is 17.2 Å². The number of nitrogens with zero attached hydrogens (tertiary/aromatic N) is 2. The summed E-state index contributed by atoms with van der Waals surface area (Å²) < 4.78 is 12.0. The third-order valence-electron chi connectivity index (χ3n) is 5.30. The van der Waals surface area contributed by atoms with Crippen molar-refractivity contribution in [3.8, 4) is 11.4 Å². The summed E-state index contributed by atoms with van der Waals surface area (Å²) in [5.74, 6) is 0.201. The Morgan fingerprint density at radius 1 is 1.13 bits per heavy atom. The second kappa shape index (κ2) is 9.06. The third kappa shape index (κ3) is 4.05. The van der Waals surface area contributed by atoms with Crippen LogP contribution in [-0.4, -0.2) is 62.2 Å². The van der Waals surface area contributed by atoms with Crippen molar-refractivity contribution in [2.45, 2.75) is 0 Å². The van der Waals surface area contributed by atoms with Gasteiger partial charge in [-0.15, -0.1) is 0 Å². The van der Waals surface area contributed by atoms with Crippen molar-refractivity contribution >= 4 is 16.7 Å². The summed E-state index contributed by atoms with van der Waals surface area (Å²) >= 11 is 0. The molecule has 0 atom stereocenters. The van der Waals surface area contributed by atoms with Crippen LogP contribution in [0, 0.1) is 0 Å². The highest BCUT2D eigenvalue weighted by atomic mass is 16.5. The number of ether oxygens (including phenoxy) is 2. The molecule has 2 N–H and O–H groups in total. The van der Waals surface area contributed by atoms with Crippen LogP contribution in [0.2, 0.25) is 0 Å². The molecule has 0 spiro atoms. The first kappa shape index (κ1) is 20.1. The van der Waals surface area contributed by atoms with E-state index in [2.05, 4.69) is 10.4 Å². The summed E-state index contributed by atoms with van der Waals surface area (Å²) in [6.45, 7) is 4.72. The first-order chi connectivity index (χ1) is 14.7. The maximum absolute atomic E-state index is 13.1. The van der Waals surface area contributed by atoms with Gasteiger partial charge in [0.15, 0.2) is 5.69 Å². The number of para-hydroxylation sites is 2. The van der Waals surface area contributed by atoms with Gasteiger partial charge in [-0.1, -0.05) is 30.3 Å². The second-order valence-corrected chi connectivity index (χ2v) is 7.15. The Morgan fingerprint density at radius 2 is 1.83 bits per heavy atom. The zero-order valence-corrected chi connectivity index (χ0v) is 16.9. The molecule has 1 aliphatic heterocycles. The number of hydrogen-bond acceptors (Lipinski definition) is 5. The van der Waals surface area contributed by atoms with Crippen LogP contribution in [0.25, 0.3) is 16.5 Å². The Bertz CT molecular complexity index is 1110. The normalized spacial score (nSPS) is 14.6. The topological polar surface area (TPSA) is 86.9 Å². The molecule has 4 rings (SSSR count). The van der Waals surface area contributed by atoms with Crippen LogP contribution in [0.15, 0.2) is 53.3 Å². The number of methoxy groups -OCH3 is 1. The summed E-state index contributed by atoms with van der Waals surface area (Å²) in [5.41, 5.74) is 0.403. The molecular weight excluding hydrogens is 384 g/mol. The molecule has 156 valence electrons. The molecule has 0 saturated carbocycles. The van der Waals surface area contributed by atoms with Crippen molar-refractivity contribution < 1.29 is 19.2 Å². The van der Waals surface area contributed by atoms with Crippen LogP contribution in [0.5, 0.6) is 5.75 Å². The van der Waals surface area contributed by atoms with Crippen LogP contribution in [0.4, 0.5) is 0 Å². The molecule has 2 aromatic carbocycles. The quantitative estimate of drug-likeness (QED) is 0.600. The molecule has 1 aliphatic rings. The van der Waals surface area contributed by atoms with E-state index in [1.807, 2.05) is 6.07 Å². The lowest BCUT2D eigenvalue weighted by Crippen LogP contribution is -3.14. The SMILES string of the molecule is COc1ccccc1-n1nc(C(=O)NCC[NH+]2CCOCC2)c2ccccc2c1=O. The van der Waals surface area contributed by atoms with E-state index >= 15 is 0 Å². The minimum Gasteiger partial charge on any atom is -0.494 e. The molecule has 0 bridgehead atoms. The van der Waals surface area contributed by atoms with E-state index in [1.54, 1.807) is 42.5 Å². The molecule has 0 radical (unpaired) electrons. The number of amides is 1. The number of carbonyl (C=O) groups excluding carboxylic acids is 1. The van der Waals surface area contributed by atoms with E-state index in [1.165, 1.54) is 16.7 Å². The molecule has 2 heterocycles. The van der Waals surface area contributed by atoms with Gasteiger partial charge >= 0.3 is 0 Å². The zero-order valence-electron chi connectivity index (χ0n) is 16.9. The van der Waals surface area contributed by atoms with E-state index in [9.17, 15) is 9.59 Å². The van der Waals surface area contributed by atoms with Crippen molar-refractivity contribution in [3.05, 3.63) is 64.6 Å². The van der Waals surface area contributed by atoms with Gasteiger partial charge in [-0.2, -0.15) is 9.78 Å². The van der Waals surface area contributed by atoms with E-state index in [0.29, 0.717) is 28.8 Å². The number of hydrogen-bond donors (Lipinski definition) is 2. The lowest BCUT2D eigenvalue weighted by Gasteiger charge is -2.23. The van der Waals surface area contributed by atoms with Gasteiger partial charge in [-0.05, 0) is 18.2 Å². The van der Waals surface area contributed by atoms with Gasteiger partial charge < -0.3 is 19.7 Å². The standard InChI is InChI=1S/C22H24N4O4/c1-29-19-9-5-4-8-18(19)26-22(28)17-7-3-2-6-16(17)20(24-26)21(27)23-10-11-25-12-14-30-15-13-25/h2-9H,10-15H2,1H3,(H,23,27)/p+1. The van der Waals surface area contributed by atoms with Crippen molar-refractivity contribution in [3.63, 3.8) is 0 Å². The highest BCUT2D eigenvalue weighted by molar-refractivity contribution is 6.04. The first-order valence-electron chi connectivity index (χ1n) is 10.0. The van der Waals surface area contributed by atoms with Gasteiger partial charge in [0.25, 0.3) is 11.5 Å². The molecule has 8 nitrogen and oxygen atoms in total. The van der Waals surface area contributed by atoms with Crippen LogP contribution in [-0.2, 0) is 4.74 Å². The Morgan fingerprint density at radius 3 is 2.60 bits per heavy atom. The first-order valence-corrected chi connectivity index (χ1v) is 10.0. The van der Waals surface area contributed by atoms with E-state index < -0.39 is 0 Å². The number of carbonyl (C=O) groups is 1. The third-order valence-corrected chi connectivity index (χ3v) is 5.30. The van der Waals surface area contributed by atoms with Crippen LogP contribution in [0.1, 0.15) is 10.5 Å². The molecule has 0 unspecified atom stereocenters. The molecule has 30 heavy (non-hydrogen) atoms. The van der Waals surface area contributed by atoms with Crippen molar-refractivity contribution in [2.75, 3.05) is 46.5 Å². The van der Waals surface area contributed by atoms with Gasteiger partial charge in [0.2, 0.25) is 0 Å². The van der Waals surface area contributed by atoms with Crippen LogP contribution in [0.3, 0.4) is 0 Å². The molecule has 3 aromatic rings. The predicted octanol–water partition coefficient (Wildman–Crippen LogP) is 0.0392. The van der Waals surface area contributed by atoms with Gasteiger partial charge in [0.05, 0.1) is 38.8 Å². The lowest BCUT2D eigenvalue weighted by atomic mass is 10.1. The number of benzene rings is 2. The van der Waals surface area contributed by atoms with Gasteiger partial charge in [0.1, 0.15) is 24.5 Å². The summed E-state index contributed by atoms with van der Waals surface area (Å²) in [6, 6.07) is 14.1. The summed E-state index contributed by atoms with van der Waals surface area (Å²) in [6.07, 6.45) is 0. The highest BCUT2D eigenvalue weighted by Gasteiger charge is 2.20. The van der Waals surface area contributed by atoms with Gasteiger partial charge in [-0.3, -0.25) is 9.59 Å². The number of fused-ring (bicyclic) bond motifs is 1. The average Bonchev–Trinajstić information content (AvgIpc) is 2.80. The van der Waals surface area contributed by atoms with E-state index in [4.69, 9.17) is 9.47 Å². The van der Waals surface area contributed by atoms with Gasteiger partial charge in [0, 0.05) is 5.39 Å². The zero-order chi connectivity index (χ0) is 20.9. The summed E-state index contributed by atoms with van der Waals surface area (Å²) in [4.78, 5) is 27.5. The maximum atomic E-state index is 13.1. The maximum Gasteiger partial charge on any atom is 0.279 e. The fourth-order valence-corrected chi connectivity index (χ4v) is 3.67. The molecule has 1 saturated heterocycles. The van der Waals surface area contributed by atoms with Crippen LogP contribution >= 0.6 is 0 Å². The molecule has 1 amide bonds.